The minimum Gasteiger partial charge on any atom is -0.363 e. The molecule has 1 N–H and O–H groups in total. The van der Waals surface area contributed by atoms with E-state index in [-0.39, 0.29) is 0 Å². The number of nitrogens with one attached hydrogen (secondary N) is 1. The minimum absolute atomic E-state index is 0.646. The summed E-state index contributed by atoms with van der Waals surface area (Å²) in [5.41, 5.74) is 1.01. The van der Waals surface area contributed by atoms with E-state index in [9.17, 15) is 0 Å². The highest BCUT2D eigenvalue weighted by molar-refractivity contribution is 5.34. The van der Waals surface area contributed by atoms with Crippen LogP contribution in [0.15, 0.2) is 29.3 Å². The van der Waals surface area contributed by atoms with Crippen LogP contribution in [0.2, 0.25) is 0 Å². The summed E-state index contributed by atoms with van der Waals surface area (Å²) < 4.78 is 4.91. The summed E-state index contributed by atoms with van der Waals surface area (Å²) in [7, 11) is 0. The lowest BCUT2D eigenvalue weighted by atomic mass is 10.3. The normalized spacial score (nSPS) is 10.1. The Kier molecular flexibility index (Phi) is 2.40. The lowest BCUT2D eigenvalue weighted by Crippen LogP contribution is -2.00. The third-order valence-corrected chi connectivity index (χ3v) is 1.72. The fourth-order valence-corrected chi connectivity index (χ4v) is 1.06. The van der Waals surface area contributed by atoms with Gasteiger partial charge in [0.1, 0.15) is 12.1 Å². The molecule has 0 saturated heterocycles. The molecule has 0 spiro atoms. The van der Waals surface area contributed by atoms with Gasteiger partial charge in [0, 0.05) is 30.6 Å². The van der Waals surface area contributed by atoms with Crippen molar-refractivity contribution >= 4 is 5.82 Å². The highest BCUT2D eigenvalue weighted by Gasteiger charge is 1.98. The maximum Gasteiger partial charge on any atom is 0.169 e. The number of nitrogens with zero attached hydrogens (tertiary/aromatic N) is 3. The third kappa shape index (κ3) is 2.07. The first-order valence-electron chi connectivity index (χ1n) is 4.25. The van der Waals surface area contributed by atoms with Crippen molar-refractivity contribution in [2.24, 2.45) is 0 Å². The number of hydrogen-bond acceptors (Lipinski definition) is 5. The van der Waals surface area contributed by atoms with Crippen LogP contribution < -0.4 is 5.32 Å². The molecular formula is C9H10N4O. The molecule has 0 unspecified atom stereocenters. The van der Waals surface area contributed by atoms with E-state index < -0.39 is 0 Å². The van der Waals surface area contributed by atoms with Gasteiger partial charge < -0.3 is 9.84 Å². The predicted molar refractivity (Wildman–Crippen MR) is 50.6 cm³/mol. The third-order valence-electron chi connectivity index (χ3n) is 1.72. The van der Waals surface area contributed by atoms with Crippen LogP contribution in [0.25, 0.3) is 0 Å². The summed E-state index contributed by atoms with van der Waals surface area (Å²) in [4.78, 5) is 7.81. The highest BCUT2D eigenvalue weighted by Crippen LogP contribution is 2.08. The molecule has 0 saturated carbocycles. The lowest BCUT2D eigenvalue weighted by molar-refractivity contribution is 0.399. The van der Waals surface area contributed by atoms with Crippen LogP contribution in [0, 0.1) is 6.92 Å². The Hall–Kier alpha value is -1.91. The van der Waals surface area contributed by atoms with Crippen molar-refractivity contribution in [1.82, 2.24) is 15.1 Å². The Bertz CT molecular complexity index is 398. The molecule has 0 aliphatic rings. The molecule has 2 aromatic heterocycles. The fourth-order valence-electron chi connectivity index (χ4n) is 1.06. The Balaban J connectivity index is 1.95. The number of aromatic nitrogens is 3. The first-order chi connectivity index (χ1) is 6.84. The molecule has 0 aliphatic heterocycles. The maximum absolute atomic E-state index is 4.91. The molecule has 2 aromatic rings. The van der Waals surface area contributed by atoms with E-state index in [1.807, 2.05) is 13.0 Å². The summed E-state index contributed by atoms with van der Waals surface area (Å²) in [6.07, 6.45) is 5.02. The largest absolute Gasteiger partial charge is 0.363 e. The van der Waals surface area contributed by atoms with Gasteiger partial charge >= 0.3 is 0 Å². The van der Waals surface area contributed by atoms with Crippen molar-refractivity contribution in [3.8, 4) is 0 Å². The average Bonchev–Trinajstić information content (AvgIpc) is 2.63. The summed E-state index contributed by atoms with van der Waals surface area (Å²) in [5, 5.41) is 6.90. The van der Waals surface area contributed by atoms with Crippen LogP contribution in [0.4, 0.5) is 5.82 Å². The van der Waals surface area contributed by atoms with Crippen molar-refractivity contribution in [1.29, 1.82) is 0 Å². The molecule has 0 fully saturated rings. The van der Waals surface area contributed by atoms with Gasteiger partial charge in [-0.2, -0.15) is 0 Å². The van der Waals surface area contributed by atoms with Crippen LogP contribution in [0.3, 0.4) is 0 Å². The van der Waals surface area contributed by atoms with E-state index in [4.69, 9.17) is 4.52 Å². The molecule has 2 rings (SSSR count). The summed E-state index contributed by atoms with van der Waals surface area (Å²) >= 11 is 0. The topological polar surface area (TPSA) is 63.8 Å². The van der Waals surface area contributed by atoms with Gasteiger partial charge in [-0.3, -0.25) is 0 Å². The van der Waals surface area contributed by atoms with E-state index in [0.717, 1.165) is 17.1 Å². The molecule has 72 valence electrons. The summed E-state index contributed by atoms with van der Waals surface area (Å²) in [6.45, 7) is 2.50. The van der Waals surface area contributed by atoms with E-state index in [1.165, 1.54) is 6.33 Å². The van der Waals surface area contributed by atoms with Crippen molar-refractivity contribution < 1.29 is 4.52 Å². The molecule has 0 amide bonds. The van der Waals surface area contributed by atoms with Crippen LogP contribution >= 0.6 is 0 Å². The quantitative estimate of drug-likeness (QED) is 0.792. The molecule has 5 heteroatoms. The number of rotatable bonds is 3. The van der Waals surface area contributed by atoms with E-state index >= 15 is 0 Å². The van der Waals surface area contributed by atoms with Gasteiger partial charge in [-0.1, -0.05) is 5.16 Å². The van der Waals surface area contributed by atoms with E-state index in [2.05, 4.69) is 20.4 Å². The van der Waals surface area contributed by atoms with Crippen LogP contribution in [0.1, 0.15) is 11.3 Å². The van der Waals surface area contributed by atoms with Crippen molar-refractivity contribution in [3.05, 3.63) is 36.1 Å². The maximum atomic E-state index is 4.91. The van der Waals surface area contributed by atoms with Gasteiger partial charge in [0.25, 0.3) is 0 Å². The second-order valence-electron chi connectivity index (χ2n) is 2.92. The van der Waals surface area contributed by atoms with Gasteiger partial charge in [-0.05, 0) is 6.92 Å². The van der Waals surface area contributed by atoms with Crippen LogP contribution in [0.5, 0.6) is 0 Å². The van der Waals surface area contributed by atoms with Gasteiger partial charge in [-0.15, -0.1) is 0 Å². The van der Waals surface area contributed by atoms with E-state index in [0.29, 0.717) is 6.54 Å². The molecule has 0 atom stereocenters. The Labute approximate surface area is 81.2 Å². The van der Waals surface area contributed by atoms with Gasteiger partial charge in [0.05, 0.1) is 0 Å². The number of hydrogen-bond donors (Lipinski definition) is 1. The van der Waals surface area contributed by atoms with Crippen molar-refractivity contribution in [3.63, 3.8) is 0 Å². The van der Waals surface area contributed by atoms with E-state index in [1.54, 1.807) is 12.4 Å². The van der Waals surface area contributed by atoms with Crippen molar-refractivity contribution in [2.75, 3.05) is 5.32 Å². The van der Waals surface area contributed by atoms with Crippen LogP contribution in [-0.2, 0) is 6.54 Å². The summed E-state index contributed by atoms with van der Waals surface area (Å²) in [6, 6.07) is 1.84. The number of aryl methyl sites for hydroxylation is 1. The minimum atomic E-state index is 0.646. The standard InChI is InChI=1S/C9H10N4O/c1-7-2-9(13-14-7)12-5-8-3-10-6-11-4-8/h2-4,6H,5H2,1H3,(H,12,13). The molecule has 14 heavy (non-hydrogen) atoms. The smallest absolute Gasteiger partial charge is 0.169 e. The van der Waals surface area contributed by atoms with Gasteiger partial charge in [-0.25, -0.2) is 9.97 Å². The van der Waals surface area contributed by atoms with Crippen molar-refractivity contribution in [2.45, 2.75) is 13.5 Å². The lowest BCUT2D eigenvalue weighted by Gasteiger charge is -1.99. The summed E-state index contributed by atoms with van der Waals surface area (Å²) in [5.74, 6) is 1.52. The molecule has 0 aliphatic carbocycles. The Morgan fingerprint density at radius 1 is 1.36 bits per heavy atom. The second kappa shape index (κ2) is 3.87. The van der Waals surface area contributed by atoms with Crippen LogP contribution in [-0.4, -0.2) is 15.1 Å². The molecular weight excluding hydrogens is 180 g/mol. The van der Waals surface area contributed by atoms with Gasteiger partial charge in [0.2, 0.25) is 0 Å². The SMILES string of the molecule is Cc1cc(NCc2cncnc2)no1. The molecule has 0 bridgehead atoms. The fraction of sp³-hybridized carbons (Fsp3) is 0.222. The molecule has 2 heterocycles. The highest BCUT2D eigenvalue weighted by atomic mass is 16.5. The van der Waals surface area contributed by atoms with Gasteiger partial charge in [0.15, 0.2) is 5.82 Å². The average molecular weight is 190 g/mol. The zero-order chi connectivity index (χ0) is 9.80. The second-order valence-corrected chi connectivity index (χ2v) is 2.92. The Morgan fingerprint density at radius 2 is 2.14 bits per heavy atom. The zero-order valence-electron chi connectivity index (χ0n) is 7.77. The first kappa shape index (κ1) is 8.68. The predicted octanol–water partition coefficient (Wildman–Crippen LogP) is 1.39. The monoisotopic (exact) mass is 190 g/mol. The molecule has 5 nitrogen and oxygen atoms in total. The molecule has 0 radical (unpaired) electrons. The Morgan fingerprint density at radius 3 is 2.79 bits per heavy atom. The number of anilines is 1. The first-order valence-corrected chi connectivity index (χ1v) is 4.25. The molecule has 0 aromatic carbocycles. The zero-order valence-corrected chi connectivity index (χ0v) is 7.77.